The highest BCUT2D eigenvalue weighted by molar-refractivity contribution is 5.67. The Morgan fingerprint density at radius 3 is 2.43 bits per heavy atom. The zero-order chi connectivity index (χ0) is 16.9. The van der Waals surface area contributed by atoms with Gasteiger partial charge in [-0.15, -0.1) is 0 Å². The molecule has 23 heavy (non-hydrogen) atoms. The number of halogens is 1. The number of carbonyl (C=O) groups is 1. The number of rotatable bonds is 4. The van der Waals surface area contributed by atoms with E-state index in [0.717, 1.165) is 11.3 Å². The average Bonchev–Trinajstić information content (AvgIpc) is 2.47. The molecule has 0 saturated heterocycles. The molecule has 0 spiro atoms. The second kappa shape index (κ2) is 7.09. The molecule has 2 rings (SSSR count). The van der Waals surface area contributed by atoms with Crippen LogP contribution < -0.4 is 10.6 Å². The molecule has 0 aliphatic rings. The van der Waals surface area contributed by atoms with E-state index in [-0.39, 0.29) is 5.82 Å². The third-order valence-electron chi connectivity index (χ3n) is 2.78. The van der Waals surface area contributed by atoms with Crippen molar-refractivity contribution in [2.45, 2.75) is 32.9 Å². The number of hydrogen-bond donors (Lipinski definition) is 2. The first-order valence-electron chi connectivity index (χ1n) is 7.26. The van der Waals surface area contributed by atoms with Crippen molar-refractivity contribution in [1.29, 1.82) is 0 Å². The Morgan fingerprint density at radius 1 is 1.17 bits per heavy atom. The molecule has 0 aliphatic carbocycles. The van der Waals surface area contributed by atoms with E-state index >= 15 is 0 Å². The fourth-order valence-corrected chi connectivity index (χ4v) is 1.77. The Bertz CT molecular complexity index is 649. The molecule has 0 bridgehead atoms. The number of hydrogen-bond acceptors (Lipinski definition) is 4. The maximum absolute atomic E-state index is 12.8. The quantitative estimate of drug-likeness (QED) is 0.895. The zero-order valence-corrected chi connectivity index (χ0v) is 13.4. The number of nitrogens with one attached hydrogen (secondary N) is 2. The van der Waals surface area contributed by atoms with Gasteiger partial charge in [-0.3, -0.25) is 0 Å². The van der Waals surface area contributed by atoms with Gasteiger partial charge in [0.25, 0.3) is 0 Å². The molecule has 0 saturated carbocycles. The first-order valence-corrected chi connectivity index (χ1v) is 7.26. The number of anilines is 2. The van der Waals surface area contributed by atoms with E-state index in [2.05, 4.69) is 15.6 Å². The van der Waals surface area contributed by atoms with E-state index in [1.807, 2.05) is 26.8 Å². The lowest BCUT2D eigenvalue weighted by Crippen LogP contribution is -2.32. The monoisotopic (exact) mass is 317 g/mol. The normalized spacial score (nSPS) is 11.0. The van der Waals surface area contributed by atoms with Crippen LogP contribution in [0.4, 0.5) is 20.7 Å². The standard InChI is InChI=1S/C17H20FN3O2/c1-17(2,3)23-16(22)20-11-12-4-9-15(19-10-12)21-14-7-5-13(18)6-8-14/h4-10H,11H2,1-3H3,(H,19,21)(H,20,22). The maximum atomic E-state index is 12.8. The number of carbonyl (C=O) groups excluding carboxylic acids is 1. The van der Waals surface area contributed by atoms with E-state index in [1.165, 1.54) is 12.1 Å². The third-order valence-corrected chi connectivity index (χ3v) is 2.78. The molecular formula is C17H20FN3O2. The molecule has 0 aliphatic heterocycles. The van der Waals surface area contributed by atoms with Crippen LogP contribution in [0, 0.1) is 5.82 Å². The second-order valence-corrected chi connectivity index (χ2v) is 6.04. The van der Waals surface area contributed by atoms with E-state index in [4.69, 9.17) is 4.74 Å². The summed E-state index contributed by atoms with van der Waals surface area (Å²) < 4.78 is 18.0. The van der Waals surface area contributed by atoms with Crippen LogP contribution in [0.3, 0.4) is 0 Å². The van der Waals surface area contributed by atoms with Crippen LogP contribution in [0.25, 0.3) is 0 Å². The van der Waals surface area contributed by atoms with Crippen LogP contribution in [0.2, 0.25) is 0 Å². The van der Waals surface area contributed by atoms with Crippen molar-refractivity contribution in [3.05, 3.63) is 54.0 Å². The summed E-state index contributed by atoms with van der Waals surface area (Å²) >= 11 is 0. The van der Waals surface area contributed by atoms with Gasteiger partial charge in [-0.25, -0.2) is 14.2 Å². The van der Waals surface area contributed by atoms with Crippen LogP contribution in [0.5, 0.6) is 0 Å². The lowest BCUT2D eigenvalue weighted by Gasteiger charge is -2.19. The first-order chi connectivity index (χ1) is 10.8. The maximum Gasteiger partial charge on any atom is 0.407 e. The van der Waals surface area contributed by atoms with Gasteiger partial charge in [0.1, 0.15) is 17.2 Å². The molecule has 0 radical (unpaired) electrons. The Balaban J connectivity index is 1.87. The Hall–Kier alpha value is -2.63. The fraction of sp³-hybridized carbons (Fsp3) is 0.294. The van der Waals surface area contributed by atoms with Gasteiger partial charge in [0.2, 0.25) is 0 Å². The molecule has 0 fully saturated rings. The van der Waals surface area contributed by atoms with Gasteiger partial charge in [0, 0.05) is 18.4 Å². The number of alkyl carbamates (subject to hydrolysis) is 1. The predicted molar refractivity (Wildman–Crippen MR) is 87.0 cm³/mol. The summed E-state index contributed by atoms with van der Waals surface area (Å²) in [5.41, 5.74) is 1.07. The van der Waals surface area contributed by atoms with Crippen LogP contribution in [0.1, 0.15) is 26.3 Å². The van der Waals surface area contributed by atoms with Crippen molar-refractivity contribution in [1.82, 2.24) is 10.3 Å². The molecule has 0 atom stereocenters. The van der Waals surface area contributed by atoms with Crippen LogP contribution in [0.15, 0.2) is 42.6 Å². The molecule has 2 N–H and O–H groups in total. The molecule has 0 unspecified atom stereocenters. The summed E-state index contributed by atoms with van der Waals surface area (Å²) in [5.74, 6) is 0.352. The SMILES string of the molecule is CC(C)(C)OC(=O)NCc1ccc(Nc2ccc(F)cc2)nc1. The minimum Gasteiger partial charge on any atom is -0.444 e. The smallest absolute Gasteiger partial charge is 0.407 e. The van der Waals surface area contributed by atoms with Crippen molar-refractivity contribution >= 4 is 17.6 Å². The van der Waals surface area contributed by atoms with Crippen molar-refractivity contribution < 1.29 is 13.9 Å². The molecule has 1 amide bonds. The van der Waals surface area contributed by atoms with E-state index in [1.54, 1.807) is 24.4 Å². The number of aromatic nitrogens is 1. The first kappa shape index (κ1) is 16.7. The molecule has 122 valence electrons. The van der Waals surface area contributed by atoms with Gasteiger partial charge >= 0.3 is 6.09 Å². The summed E-state index contributed by atoms with van der Waals surface area (Å²) in [6, 6.07) is 9.65. The van der Waals surface area contributed by atoms with Crippen molar-refractivity contribution in [2.24, 2.45) is 0 Å². The summed E-state index contributed by atoms with van der Waals surface area (Å²) in [4.78, 5) is 15.8. The number of pyridine rings is 1. The summed E-state index contributed by atoms with van der Waals surface area (Å²) in [6.07, 6.45) is 1.19. The largest absolute Gasteiger partial charge is 0.444 e. The van der Waals surface area contributed by atoms with Crippen LogP contribution in [-0.4, -0.2) is 16.7 Å². The summed E-state index contributed by atoms with van der Waals surface area (Å²) in [5, 5.41) is 5.73. The Morgan fingerprint density at radius 2 is 1.87 bits per heavy atom. The van der Waals surface area contributed by atoms with Crippen LogP contribution in [-0.2, 0) is 11.3 Å². The van der Waals surface area contributed by atoms with Gasteiger partial charge < -0.3 is 15.4 Å². The number of benzene rings is 1. The summed E-state index contributed by atoms with van der Waals surface area (Å²) in [7, 11) is 0. The third kappa shape index (κ3) is 5.94. The molecule has 5 nitrogen and oxygen atoms in total. The molecule has 1 heterocycles. The molecular weight excluding hydrogens is 297 g/mol. The van der Waals surface area contributed by atoms with Crippen LogP contribution >= 0.6 is 0 Å². The molecule has 1 aromatic heterocycles. The topological polar surface area (TPSA) is 63.2 Å². The number of ether oxygens (including phenoxy) is 1. The fourth-order valence-electron chi connectivity index (χ4n) is 1.77. The van der Waals surface area contributed by atoms with Crippen molar-refractivity contribution in [2.75, 3.05) is 5.32 Å². The molecule has 2 aromatic rings. The zero-order valence-electron chi connectivity index (χ0n) is 13.4. The highest BCUT2D eigenvalue weighted by atomic mass is 19.1. The van der Waals surface area contributed by atoms with E-state index < -0.39 is 11.7 Å². The van der Waals surface area contributed by atoms with Gasteiger partial charge in [-0.1, -0.05) is 6.07 Å². The average molecular weight is 317 g/mol. The van der Waals surface area contributed by atoms with Crippen molar-refractivity contribution in [3.8, 4) is 0 Å². The minimum absolute atomic E-state index is 0.285. The number of amides is 1. The highest BCUT2D eigenvalue weighted by Gasteiger charge is 2.15. The lowest BCUT2D eigenvalue weighted by molar-refractivity contribution is 0.0523. The minimum atomic E-state index is -0.523. The Kier molecular flexibility index (Phi) is 5.16. The highest BCUT2D eigenvalue weighted by Crippen LogP contribution is 2.15. The summed E-state index contributed by atoms with van der Waals surface area (Å²) in [6.45, 7) is 5.76. The van der Waals surface area contributed by atoms with E-state index in [0.29, 0.717) is 12.4 Å². The Labute approximate surface area is 134 Å². The second-order valence-electron chi connectivity index (χ2n) is 6.04. The van der Waals surface area contributed by atoms with E-state index in [9.17, 15) is 9.18 Å². The van der Waals surface area contributed by atoms with Crippen molar-refractivity contribution in [3.63, 3.8) is 0 Å². The lowest BCUT2D eigenvalue weighted by atomic mass is 10.2. The number of nitrogens with zero attached hydrogens (tertiary/aromatic N) is 1. The van der Waals surface area contributed by atoms with Gasteiger partial charge in [0.05, 0.1) is 0 Å². The van der Waals surface area contributed by atoms with Gasteiger partial charge in [0.15, 0.2) is 0 Å². The molecule has 1 aromatic carbocycles. The molecule has 6 heteroatoms. The van der Waals surface area contributed by atoms with Gasteiger partial charge in [-0.2, -0.15) is 0 Å². The predicted octanol–water partition coefficient (Wildman–Crippen LogP) is 3.99. The van der Waals surface area contributed by atoms with Gasteiger partial charge in [-0.05, 0) is 56.7 Å².